The predicted molar refractivity (Wildman–Crippen MR) is 43.8 cm³/mol. The molecule has 0 aromatic carbocycles. The molecule has 1 aliphatic rings. The third-order valence-electron chi connectivity index (χ3n) is 2.23. The minimum Gasteiger partial charge on any atom is -0.329 e. The summed E-state index contributed by atoms with van der Waals surface area (Å²) in [6.45, 7) is 5.24. The molecule has 10 heavy (non-hydrogen) atoms. The first-order chi connectivity index (χ1) is 4.83. The summed E-state index contributed by atoms with van der Waals surface area (Å²) in [5.41, 5.74) is 5.34. The van der Waals surface area contributed by atoms with Crippen molar-refractivity contribution in [2.75, 3.05) is 19.6 Å². The van der Waals surface area contributed by atoms with E-state index >= 15 is 0 Å². The predicted octanol–water partition coefficient (Wildman–Crippen LogP) is 0.581. The Morgan fingerprint density at radius 1 is 1.50 bits per heavy atom. The molecule has 60 valence electrons. The van der Waals surface area contributed by atoms with Gasteiger partial charge in [0.15, 0.2) is 0 Å². The standard InChI is InChI=1S/C8H18N2/c1-7-4-8(5-7)6-10-3-2-9/h7-8,10H,2-6,9H2,1H3. The molecule has 0 amide bonds. The number of hydrogen-bond donors (Lipinski definition) is 2. The molecule has 3 N–H and O–H groups in total. The molecule has 1 aliphatic carbocycles. The number of nitrogens with one attached hydrogen (secondary N) is 1. The third kappa shape index (κ3) is 2.27. The number of rotatable bonds is 4. The highest BCUT2D eigenvalue weighted by atomic mass is 14.9. The lowest BCUT2D eigenvalue weighted by Gasteiger charge is -2.32. The minimum atomic E-state index is 0.766. The molecular weight excluding hydrogens is 124 g/mol. The van der Waals surface area contributed by atoms with Crippen LogP contribution in [0.5, 0.6) is 0 Å². The highest BCUT2D eigenvalue weighted by Crippen LogP contribution is 2.31. The zero-order valence-electron chi connectivity index (χ0n) is 6.77. The molecule has 0 aromatic heterocycles. The van der Waals surface area contributed by atoms with Crippen LogP contribution in [0.25, 0.3) is 0 Å². The Kier molecular flexibility index (Phi) is 3.16. The Labute approximate surface area is 63.2 Å². The first-order valence-electron chi connectivity index (χ1n) is 4.23. The zero-order chi connectivity index (χ0) is 7.40. The summed E-state index contributed by atoms with van der Waals surface area (Å²) in [4.78, 5) is 0. The van der Waals surface area contributed by atoms with Gasteiger partial charge < -0.3 is 11.1 Å². The molecule has 0 spiro atoms. The van der Waals surface area contributed by atoms with Crippen molar-refractivity contribution in [3.63, 3.8) is 0 Å². The molecule has 0 radical (unpaired) electrons. The Hall–Kier alpha value is -0.0800. The highest BCUT2D eigenvalue weighted by Gasteiger charge is 2.24. The van der Waals surface area contributed by atoms with Crippen LogP contribution in [0.1, 0.15) is 19.8 Å². The monoisotopic (exact) mass is 142 g/mol. The van der Waals surface area contributed by atoms with Crippen molar-refractivity contribution >= 4 is 0 Å². The van der Waals surface area contributed by atoms with E-state index in [-0.39, 0.29) is 0 Å². The van der Waals surface area contributed by atoms with Crippen LogP contribution in [0.4, 0.5) is 0 Å². The van der Waals surface area contributed by atoms with Gasteiger partial charge in [-0.25, -0.2) is 0 Å². The molecule has 2 heteroatoms. The van der Waals surface area contributed by atoms with E-state index in [0.29, 0.717) is 0 Å². The van der Waals surface area contributed by atoms with E-state index in [1.54, 1.807) is 0 Å². The molecule has 0 aliphatic heterocycles. The number of hydrogen-bond acceptors (Lipinski definition) is 2. The van der Waals surface area contributed by atoms with E-state index in [0.717, 1.165) is 24.9 Å². The molecule has 0 heterocycles. The molecular formula is C8H18N2. The van der Waals surface area contributed by atoms with E-state index in [9.17, 15) is 0 Å². The Morgan fingerprint density at radius 2 is 2.20 bits per heavy atom. The van der Waals surface area contributed by atoms with Crippen molar-refractivity contribution in [2.45, 2.75) is 19.8 Å². The number of nitrogens with two attached hydrogens (primary N) is 1. The molecule has 0 saturated heterocycles. The van der Waals surface area contributed by atoms with E-state index in [1.807, 2.05) is 0 Å². The molecule has 2 nitrogen and oxygen atoms in total. The third-order valence-corrected chi connectivity index (χ3v) is 2.23. The lowest BCUT2D eigenvalue weighted by molar-refractivity contribution is 0.207. The second kappa shape index (κ2) is 3.94. The van der Waals surface area contributed by atoms with Crippen LogP contribution in [-0.2, 0) is 0 Å². The highest BCUT2D eigenvalue weighted by molar-refractivity contribution is 4.77. The van der Waals surface area contributed by atoms with Crippen molar-refractivity contribution in [1.29, 1.82) is 0 Å². The van der Waals surface area contributed by atoms with E-state index in [2.05, 4.69) is 12.2 Å². The Balaban J connectivity index is 1.86. The van der Waals surface area contributed by atoms with Crippen LogP contribution >= 0.6 is 0 Å². The summed E-state index contributed by atoms with van der Waals surface area (Å²) in [6.07, 6.45) is 2.83. The van der Waals surface area contributed by atoms with Gasteiger partial charge in [-0.3, -0.25) is 0 Å². The fraction of sp³-hybridized carbons (Fsp3) is 1.00. The van der Waals surface area contributed by atoms with E-state index in [4.69, 9.17) is 5.73 Å². The molecule has 0 bridgehead atoms. The maximum atomic E-state index is 5.34. The van der Waals surface area contributed by atoms with Crippen LogP contribution in [-0.4, -0.2) is 19.6 Å². The fourth-order valence-corrected chi connectivity index (χ4v) is 1.64. The van der Waals surface area contributed by atoms with Gasteiger partial charge in [0.2, 0.25) is 0 Å². The second-order valence-electron chi connectivity index (χ2n) is 3.44. The van der Waals surface area contributed by atoms with Crippen LogP contribution in [0.2, 0.25) is 0 Å². The summed E-state index contributed by atoms with van der Waals surface area (Å²) in [6, 6.07) is 0. The van der Waals surface area contributed by atoms with Gasteiger partial charge in [0, 0.05) is 13.1 Å². The average molecular weight is 142 g/mol. The van der Waals surface area contributed by atoms with Crippen molar-refractivity contribution in [3.05, 3.63) is 0 Å². The van der Waals surface area contributed by atoms with Gasteiger partial charge in [-0.15, -0.1) is 0 Å². The van der Waals surface area contributed by atoms with Gasteiger partial charge in [0.05, 0.1) is 0 Å². The minimum absolute atomic E-state index is 0.766. The Morgan fingerprint density at radius 3 is 2.70 bits per heavy atom. The van der Waals surface area contributed by atoms with Crippen LogP contribution < -0.4 is 11.1 Å². The summed E-state index contributed by atoms with van der Waals surface area (Å²) < 4.78 is 0. The maximum Gasteiger partial charge on any atom is 0.00746 e. The largest absolute Gasteiger partial charge is 0.329 e. The maximum absolute atomic E-state index is 5.34. The van der Waals surface area contributed by atoms with Crippen molar-refractivity contribution in [2.24, 2.45) is 17.6 Å². The summed E-state index contributed by atoms with van der Waals surface area (Å²) in [7, 11) is 0. The lowest BCUT2D eigenvalue weighted by Crippen LogP contribution is -2.34. The van der Waals surface area contributed by atoms with Crippen LogP contribution in [0.15, 0.2) is 0 Å². The topological polar surface area (TPSA) is 38.0 Å². The smallest absolute Gasteiger partial charge is 0.00746 e. The van der Waals surface area contributed by atoms with Gasteiger partial charge in [0.1, 0.15) is 0 Å². The van der Waals surface area contributed by atoms with Crippen molar-refractivity contribution in [1.82, 2.24) is 5.32 Å². The molecule has 1 rings (SSSR count). The van der Waals surface area contributed by atoms with Crippen molar-refractivity contribution < 1.29 is 0 Å². The van der Waals surface area contributed by atoms with Crippen LogP contribution in [0.3, 0.4) is 0 Å². The molecule has 1 fully saturated rings. The average Bonchev–Trinajstić information content (AvgIpc) is 1.85. The van der Waals surface area contributed by atoms with Crippen LogP contribution in [0, 0.1) is 11.8 Å². The first-order valence-corrected chi connectivity index (χ1v) is 4.23. The molecule has 0 aromatic rings. The quantitative estimate of drug-likeness (QED) is 0.563. The first kappa shape index (κ1) is 8.02. The van der Waals surface area contributed by atoms with Gasteiger partial charge in [0.25, 0.3) is 0 Å². The van der Waals surface area contributed by atoms with E-state index in [1.165, 1.54) is 19.4 Å². The normalized spacial score (nSPS) is 31.8. The lowest BCUT2D eigenvalue weighted by atomic mass is 9.76. The van der Waals surface area contributed by atoms with Gasteiger partial charge in [-0.2, -0.15) is 0 Å². The summed E-state index contributed by atoms with van der Waals surface area (Å²) >= 11 is 0. The zero-order valence-corrected chi connectivity index (χ0v) is 6.77. The second-order valence-corrected chi connectivity index (χ2v) is 3.44. The summed E-state index contributed by atoms with van der Waals surface area (Å²) in [5, 5.41) is 3.33. The summed E-state index contributed by atoms with van der Waals surface area (Å²) in [5.74, 6) is 1.92. The van der Waals surface area contributed by atoms with Gasteiger partial charge >= 0.3 is 0 Å². The Bertz CT molecular complexity index is 87.3. The molecule has 1 saturated carbocycles. The SMILES string of the molecule is CC1CC(CNCCN)C1. The molecule has 0 unspecified atom stereocenters. The fourth-order valence-electron chi connectivity index (χ4n) is 1.64. The van der Waals surface area contributed by atoms with Gasteiger partial charge in [-0.05, 0) is 31.2 Å². The van der Waals surface area contributed by atoms with E-state index < -0.39 is 0 Å². The van der Waals surface area contributed by atoms with Crippen molar-refractivity contribution in [3.8, 4) is 0 Å². The molecule has 0 atom stereocenters. The van der Waals surface area contributed by atoms with Gasteiger partial charge in [-0.1, -0.05) is 6.92 Å².